The Morgan fingerprint density at radius 1 is 0.755 bits per heavy atom. The van der Waals surface area contributed by atoms with E-state index < -0.39 is 55.6 Å². The van der Waals surface area contributed by atoms with Gasteiger partial charge in [-0.3, -0.25) is 4.79 Å². The zero-order valence-corrected chi connectivity index (χ0v) is 31.1. The van der Waals surface area contributed by atoms with Crippen molar-refractivity contribution in [2.45, 2.75) is 217 Å². The summed E-state index contributed by atoms with van der Waals surface area (Å²) in [6.45, 7) is 3.69. The minimum Gasteiger partial charge on any atom is -0.394 e. The van der Waals surface area contributed by atoms with Crippen molar-refractivity contribution in [1.29, 1.82) is 0 Å². The normalized spacial score (nSPS) is 27.1. The fourth-order valence-electron chi connectivity index (χ4n) is 7.10. The Hall–Kier alpha value is -0.850. The number of ether oxygens (including phenoxy) is 2. The van der Waals surface area contributed by atoms with Gasteiger partial charge in [0, 0.05) is 6.42 Å². The zero-order valence-electron chi connectivity index (χ0n) is 31.1. The molecule has 2 aliphatic rings. The van der Waals surface area contributed by atoms with E-state index in [0.717, 1.165) is 50.4 Å². The summed E-state index contributed by atoms with van der Waals surface area (Å²) in [4.78, 5) is 12.9. The number of amides is 1. The van der Waals surface area contributed by atoms with Gasteiger partial charge in [0.25, 0.3) is 0 Å². The summed E-state index contributed by atoms with van der Waals surface area (Å²) in [6.07, 6.45) is 17.3. The Bertz CT molecular complexity index is 817. The molecule has 0 aromatic heterocycles. The quantitative estimate of drug-likeness (QED) is 0.0451. The minimum atomic E-state index is -1.60. The second-order valence-corrected chi connectivity index (χ2v) is 15.3. The van der Waals surface area contributed by atoms with Gasteiger partial charge in [-0.05, 0) is 31.1 Å². The van der Waals surface area contributed by atoms with Crippen LogP contribution in [0.2, 0.25) is 0 Å². The fourth-order valence-corrected chi connectivity index (χ4v) is 7.10. The Morgan fingerprint density at radius 3 is 1.80 bits per heavy atom. The van der Waals surface area contributed by atoms with Gasteiger partial charge in [-0.2, -0.15) is 0 Å². The van der Waals surface area contributed by atoms with Crippen LogP contribution in [-0.4, -0.2) is 98.7 Å². The fraction of sp³-hybridized carbons (Fsp3) is 0.974. The number of hydrogen-bond donors (Lipinski definition) is 7. The summed E-state index contributed by atoms with van der Waals surface area (Å²) in [7, 11) is 0. The molecule has 2 rings (SSSR count). The molecule has 0 radical (unpaired) electrons. The molecule has 0 aromatic carbocycles. The first-order valence-electron chi connectivity index (χ1n) is 20.3. The Kier molecular flexibility index (Phi) is 24.3. The van der Waals surface area contributed by atoms with Crippen LogP contribution >= 0.6 is 0 Å². The standard InChI is InChI=1S/C39H75NO9/c1-3-4-5-6-7-8-9-10-11-15-18-21-24-32(42)35(44)31(28-48-39-38(47)37(46)36(45)33(27-41)49-39)40-34(43)25-22-19-16-13-12-14-17-20-23-30-26-29(30)2/h29-33,35-39,41-42,44-47H,3-28H2,1-2H3,(H,40,43)/t29?,30?,31-,32+,33?,35-,36?,37?,38?,39?/m0/s1. The third-order valence-electron chi connectivity index (χ3n) is 10.8. The molecule has 10 heteroatoms. The number of carbonyl (C=O) groups is 1. The molecule has 2 fully saturated rings. The van der Waals surface area contributed by atoms with Crippen molar-refractivity contribution in [3.05, 3.63) is 0 Å². The highest BCUT2D eigenvalue weighted by Gasteiger charge is 2.44. The van der Waals surface area contributed by atoms with Crippen molar-refractivity contribution in [2.24, 2.45) is 11.8 Å². The summed E-state index contributed by atoms with van der Waals surface area (Å²) in [5, 5.41) is 64.9. The number of carbonyl (C=O) groups excluding carboxylic acids is 1. The van der Waals surface area contributed by atoms with E-state index in [2.05, 4.69) is 19.2 Å². The van der Waals surface area contributed by atoms with Crippen LogP contribution in [0.15, 0.2) is 0 Å². The average molecular weight is 702 g/mol. The van der Waals surface area contributed by atoms with E-state index in [9.17, 15) is 35.4 Å². The molecule has 0 bridgehead atoms. The van der Waals surface area contributed by atoms with Gasteiger partial charge >= 0.3 is 0 Å². The van der Waals surface area contributed by atoms with Gasteiger partial charge in [-0.25, -0.2) is 0 Å². The molecular weight excluding hydrogens is 626 g/mol. The SMILES string of the molecule is CCCCCCCCCCCCCC[C@@H](O)[C@@H](O)[C@H](COC1OC(CO)C(O)C(O)C1O)NC(=O)CCCCCCCCCCC1CC1C. The molecule has 10 nitrogen and oxygen atoms in total. The largest absolute Gasteiger partial charge is 0.394 e. The highest BCUT2D eigenvalue weighted by Crippen LogP contribution is 2.41. The van der Waals surface area contributed by atoms with E-state index in [-0.39, 0.29) is 18.9 Å². The van der Waals surface area contributed by atoms with Gasteiger partial charge in [0.05, 0.1) is 25.4 Å². The Morgan fingerprint density at radius 2 is 1.27 bits per heavy atom. The first kappa shape index (κ1) is 44.3. The molecule has 10 atom stereocenters. The van der Waals surface area contributed by atoms with Crippen LogP contribution in [0, 0.1) is 11.8 Å². The monoisotopic (exact) mass is 702 g/mol. The Labute approximate surface area is 297 Å². The smallest absolute Gasteiger partial charge is 0.220 e. The first-order valence-corrected chi connectivity index (χ1v) is 20.3. The molecule has 1 saturated carbocycles. The van der Waals surface area contributed by atoms with Crippen molar-refractivity contribution >= 4 is 5.91 Å². The lowest BCUT2D eigenvalue weighted by Gasteiger charge is -2.40. The number of aliphatic hydroxyl groups is 6. The Balaban J connectivity index is 1.71. The van der Waals surface area contributed by atoms with Crippen LogP contribution in [0.3, 0.4) is 0 Å². The third kappa shape index (κ3) is 19.0. The lowest BCUT2D eigenvalue weighted by molar-refractivity contribution is -0.303. The van der Waals surface area contributed by atoms with Crippen molar-refractivity contribution in [2.75, 3.05) is 13.2 Å². The molecular formula is C39H75NO9. The predicted molar refractivity (Wildman–Crippen MR) is 193 cm³/mol. The molecule has 49 heavy (non-hydrogen) atoms. The maximum absolute atomic E-state index is 12.9. The zero-order chi connectivity index (χ0) is 35.9. The summed E-state index contributed by atoms with van der Waals surface area (Å²) >= 11 is 0. The summed E-state index contributed by atoms with van der Waals surface area (Å²) in [5.41, 5.74) is 0. The van der Waals surface area contributed by atoms with Crippen molar-refractivity contribution in [3.63, 3.8) is 0 Å². The molecule has 0 spiro atoms. The van der Waals surface area contributed by atoms with Gasteiger partial charge < -0.3 is 45.4 Å². The van der Waals surface area contributed by atoms with Crippen LogP contribution in [0.4, 0.5) is 0 Å². The van der Waals surface area contributed by atoms with Crippen molar-refractivity contribution in [3.8, 4) is 0 Å². The molecule has 1 aliphatic heterocycles. The second kappa shape index (κ2) is 26.9. The molecule has 7 unspecified atom stereocenters. The van der Waals surface area contributed by atoms with Gasteiger partial charge in [0.15, 0.2) is 6.29 Å². The van der Waals surface area contributed by atoms with E-state index in [0.29, 0.717) is 6.42 Å². The average Bonchev–Trinajstić information content (AvgIpc) is 3.81. The lowest BCUT2D eigenvalue weighted by atomic mass is 9.98. The van der Waals surface area contributed by atoms with E-state index in [1.807, 2.05) is 0 Å². The van der Waals surface area contributed by atoms with Crippen LogP contribution in [-0.2, 0) is 14.3 Å². The molecule has 7 N–H and O–H groups in total. The molecule has 1 heterocycles. The van der Waals surface area contributed by atoms with E-state index in [4.69, 9.17) is 9.47 Å². The van der Waals surface area contributed by atoms with Gasteiger partial charge in [-0.1, -0.05) is 142 Å². The second-order valence-electron chi connectivity index (χ2n) is 15.3. The van der Waals surface area contributed by atoms with Crippen molar-refractivity contribution in [1.82, 2.24) is 5.32 Å². The van der Waals surface area contributed by atoms with Crippen LogP contribution in [0.25, 0.3) is 0 Å². The maximum Gasteiger partial charge on any atom is 0.220 e. The van der Waals surface area contributed by atoms with Crippen LogP contribution in [0.5, 0.6) is 0 Å². The van der Waals surface area contributed by atoms with Crippen LogP contribution in [0.1, 0.15) is 168 Å². The number of hydrogen-bond acceptors (Lipinski definition) is 9. The lowest BCUT2D eigenvalue weighted by Crippen LogP contribution is -2.60. The third-order valence-corrected chi connectivity index (χ3v) is 10.8. The summed E-state index contributed by atoms with van der Waals surface area (Å²) in [6, 6.07) is -0.981. The highest BCUT2D eigenvalue weighted by atomic mass is 16.7. The number of nitrogens with one attached hydrogen (secondary N) is 1. The van der Waals surface area contributed by atoms with Crippen molar-refractivity contribution < 1.29 is 44.9 Å². The van der Waals surface area contributed by atoms with Gasteiger partial charge in [0.2, 0.25) is 5.91 Å². The molecule has 290 valence electrons. The topological polar surface area (TPSA) is 169 Å². The maximum atomic E-state index is 12.9. The number of rotatable bonds is 31. The van der Waals surface area contributed by atoms with Crippen LogP contribution < -0.4 is 5.32 Å². The van der Waals surface area contributed by atoms with Gasteiger partial charge in [0.1, 0.15) is 30.5 Å². The predicted octanol–water partition coefficient (Wildman–Crippen LogP) is 5.66. The van der Waals surface area contributed by atoms with E-state index >= 15 is 0 Å². The first-order chi connectivity index (χ1) is 23.7. The number of unbranched alkanes of at least 4 members (excludes halogenated alkanes) is 18. The molecule has 1 amide bonds. The molecule has 0 aromatic rings. The summed E-state index contributed by atoms with van der Waals surface area (Å²) < 4.78 is 11.1. The van der Waals surface area contributed by atoms with E-state index in [1.54, 1.807) is 0 Å². The number of aliphatic hydroxyl groups excluding tert-OH is 6. The molecule has 1 aliphatic carbocycles. The van der Waals surface area contributed by atoms with E-state index in [1.165, 1.54) is 103 Å². The minimum absolute atomic E-state index is 0.256. The molecule has 1 saturated heterocycles. The van der Waals surface area contributed by atoms with Gasteiger partial charge in [-0.15, -0.1) is 0 Å². The summed E-state index contributed by atoms with van der Waals surface area (Å²) in [5.74, 6) is 1.67. The highest BCUT2D eigenvalue weighted by molar-refractivity contribution is 5.76.